The molecule has 0 spiro atoms. The molecule has 0 aliphatic heterocycles. The second-order valence-electron chi connectivity index (χ2n) is 5.54. The predicted octanol–water partition coefficient (Wildman–Crippen LogP) is 4.40. The summed E-state index contributed by atoms with van der Waals surface area (Å²) in [5.41, 5.74) is 2.02. The van der Waals surface area contributed by atoms with Crippen LogP contribution in [0.15, 0.2) is 65.1 Å². The topological polar surface area (TPSA) is 45.5 Å². The number of amides is 1. The zero-order valence-corrected chi connectivity index (χ0v) is 13.4. The van der Waals surface area contributed by atoms with Crippen molar-refractivity contribution >= 4 is 17.3 Å². The molecule has 0 saturated carbocycles. The number of furan rings is 1. The van der Waals surface area contributed by atoms with E-state index < -0.39 is 5.82 Å². The van der Waals surface area contributed by atoms with Crippen LogP contribution in [0.4, 0.5) is 15.8 Å². The van der Waals surface area contributed by atoms with Crippen LogP contribution >= 0.6 is 0 Å². The number of nitrogens with zero attached hydrogens (tertiary/aromatic N) is 1. The summed E-state index contributed by atoms with van der Waals surface area (Å²) in [4.78, 5) is 14.2. The summed E-state index contributed by atoms with van der Waals surface area (Å²) in [6.45, 7) is 0. The monoisotopic (exact) mass is 324 g/mol. The summed E-state index contributed by atoms with van der Waals surface area (Å²) in [5, 5.41) is 2.76. The van der Waals surface area contributed by atoms with Crippen LogP contribution < -0.4 is 10.2 Å². The molecule has 0 aliphatic carbocycles. The van der Waals surface area contributed by atoms with Crippen LogP contribution in [0, 0.1) is 5.82 Å². The summed E-state index contributed by atoms with van der Waals surface area (Å²) >= 11 is 0. The van der Waals surface area contributed by atoms with Crippen LogP contribution in [0.1, 0.15) is 10.6 Å². The third-order valence-corrected chi connectivity index (χ3v) is 3.61. The number of halogens is 1. The van der Waals surface area contributed by atoms with E-state index in [0.717, 1.165) is 5.69 Å². The van der Waals surface area contributed by atoms with Crippen LogP contribution in [-0.2, 0) is 0 Å². The highest BCUT2D eigenvalue weighted by molar-refractivity contribution is 6.02. The van der Waals surface area contributed by atoms with Gasteiger partial charge in [0, 0.05) is 25.5 Å². The third kappa shape index (κ3) is 3.30. The molecule has 1 N–H and O–H groups in total. The molecule has 1 heterocycles. The van der Waals surface area contributed by atoms with Gasteiger partial charge in [0.05, 0.1) is 5.56 Å². The van der Waals surface area contributed by atoms with Gasteiger partial charge >= 0.3 is 0 Å². The Kier molecular flexibility index (Phi) is 4.33. The average Bonchev–Trinajstić information content (AvgIpc) is 3.05. The van der Waals surface area contributed by atoms with Crippen LogP contribution in [0.25, 0.3) is 11.3 Å². The van der Waals surface area contributed by atoms with Crippen molar-refractivity contribution in [3.05, 3.63) is 72.2 Å². The van der Waals surface area contributed by atoms with Gasteiger partial charge in [-0.1, -0.05) is 12.1 Å². The molecule has 0 unspecified atom stereocenters. The van der Waals surface area contributed by atoms with E-state index in [-0.39, 0.29) is 11.7 Å². The Bertz CT molecular complexity index is 854. The molecule has 122 valence electrons. The first kappa shape index (κ1) is 15.8. The molecule has 0 bridgehead atoms. The molecular weight excluding hydrogens is 307 g/mol. The number of benzene rings is 2. The lowest BCUT2D eigenvalue weighted by Gasteiger charge is -2.12. The summed E-state index contributed by atoms with van der Waals surface area (Å²) in [7, 11) is 3.89. The Hall–Kier alpha value is -3.08. The van der Waals surface area contributed by atoms with Crippen LogP contribution in [0.3, 0.4) is 0 Å². The summed E-state index contributed by atoms with van der Waals surface area (Å²) in [6, 6.07) is 16.8. The molecule has 0 atom stereocenters. The van der Waals surface area contributed by atoms with E-state index in [2.05, 4.69) is 5.32 Å². The Balaban J connectivity index is 1.75. The molecule has 3 aromatic rings. The molecule has 0 aliphatic rings. The maximum absolute atomic E-state index is 13.8. The maximum atomic E-state index is 13.8. The lowest BCUT2D eigenvalue weighted by molar-refractivity contribution is 0.0997. The largest absolute Gasteiger partial charge is 0.451 e. The highest BCUT2D eigenvalue weighted by atomic mass is 19.1. The van der Waals surface area contributed by atoms with Gasteiger partial charge in [-0.2, -0.15) is 0 Å². The number of rotatable bonds is 4. The molecule has 24 heavy (non-hydrogen) atoms. The molecule has 0 radical (unpaired) electrons. The minimum Gasteiger partial charge on any atom is -0.451 e. The smallest absolute Gasteiger partial charge is 0.291 e. The molecule has 3 rings (SSSR count). The van der Waals surface area contributed by atoms with Crippen LogP contribution in [-0.4, -0.2) is 20.0 Å². The maximum Gasteiger partial charge on any atom is 0.291 e. The van der Waals surface area contributed by atoms with Crippen molar-refractivity contribution in [2.24, 2.45) is 0 Å². The number of carbonyl (C=O) groups is 1. The quantitative estimate of drug-likeness (QED) is 0.773. The van der Waals surface area contributed by atoms with Gasteiger partial charge in [-0.3, -0.25) is 4.79 Å². The van der Waals surface area contributed by atoms with E-state index in [4.69, 9.17) is 4.42 Å². The minimum absolute atomic E-state index is 0.130. The van der Waals surface area contributed by atoms with E-state index in [1.807, 2.05) is 43.3 Å². The standard InChI is InChI=1S/C19H17FN2O2/c1-22(2)14-9-7-13(8-10-14)21-19(23)18-12-11-17(24-18)15-5-3-4-6-16(15)20/h3-12H,1-2H3,(H,21,23). The van der Waals surface area contributed by atoms with Crippen LogP contribution in [0.2, 0.25) is 0 Å². The molecule has 2 aromatic carbocycles. The number of nitrogens with one attached hydrogen (secondary N) is 1. The number of hydrogen-bond acceptors (Lipinski definition) is 3. The van der Waals surface area contributed by atoms with Gasteiger partial charge in [0.15, 0.2) is 5.76 Å². The normalized spacial score (nSPS) is 10.5. The van der Waals surface area contributed by atoms with Gasteiger partial charge < -0.3 is 14.6 Å². The van der Waals surface area contributed by atoms with Crippen molar-refractivity contribution in [3.8, 4) is 11.3 Å². The van der Waals surface area contributed by atoms with Gasteiger partial charge in [-0.25, -0.2) is 4.39 Å². The first-order valence-corrected chi connectivity index (χ1v) is 7.48. The molecule has 4 nitrogen and oxygen atoms in total. The lowest BCUT2D eigenvalue weighted by Crippen LogP contribution is -2.11. The Morgan fingerprint density at radius 1 is 1.00 bits per heavy atom. The average molecular weight is 324 g/mol. The third-order valence-electron chi connectivity index (χ3n) is 3.61. The highest BCUT2D eigenvalue weighted by Gasteiger charge is 2.14. The van der Waals surface area contributed by atoms with Crippen molar-refractivity contribution in [1.82, 2.24) is 0 Å². The van der Waals surface area contributed by atoms with E-state index in [1.165, 1.54) is 12.1 Å². The second kappa shape index (κ2) is 6.58. The molecule has 1 amide bonds. The van der Waals surface area contributed by atoms with Gasteiger partial charge in [-0.15, -0.1) is 0 Å². The van der Waals surface area contributed by atoms with Crippen molar-refractivity contribution in [2.75, 3.05) is 24.3 Å². The fraction of sp³-hybridized carbons (Fsp3) is 0.105. The molecular formula is C19H17FN2O2. The van der Waals surface area contributed by atoms with E-state index in [9.17, 15) is 9.18 Å². The van der Waals surface area contributed by atoms with E-state index in [0.29, 0.717) is 17.0 Å². The van der Waals surface area contributed by atoms with Crippen molar-refractivity contribution in [3.63, 3.8) is 0 Å². The molecule has 0 saturated heterocycles. The molecule has 1 aromatic heterocycles. The number of anilines is 2. The SMILES string of the molecule is CN(C)c1ccc(NC(=O)c2ccc(-c3ccccc3F)o2)cc1. The van der Waals surface area contributed by atoms with Gasteiger partial charge in [-0.05, 0) is 48.5 Å². The van der Waals surface area contributed by atoms with Crippen molar-refractivity contribution < 1.29 is 13.6 Å². The lowest BCUT2D eigenvalue weighted by atomic mass is 10.1. The first-order chi connectivity index (χ1) is 11.5. The number of hydrogen-bond donors (Lipinski definition) is 1. The molecule has 5 heteroatoms. The second-order valence-corrected chi connectivity index (χ2v) is 5.54. The summed E-state index contributed by atoms with van der Waals surface area (Å²) in [5.74, 6) is -0.320. The molecule has 0 fully saturated rings. The number of carbonyl (C=O) groups excluding carboxylic acids is 1. The van der Waals surface area contributed by atoms with Gasteiger partial charge in [0.2, 0.25) is 0 Å². The zero-order valence-electron chi connectivity index (χ0n) is 13.4. The van der Waals surface area contributed by atoms with E-state index >= 15 is 0 Å². The van der Waals surface area contributed by atoms with E-state index in [1.54, 1.807) is 24.3 Å². The first-order valence-electron chi connectivity index (χ1n) is 7.48. The Morgan fingerprint density at radius 2 is 1.71 bits per heavy atom. The predicted molar refractivity (Wildman–Crippen MR) is 92.8 cm³/mol. The van der Waals surface area contributed by atoms with Gasteiger partial charge in [0.25, 0.3) is 5.91 Å². The highest BCUT2D eigenvalue weighted by Crippen LogP contribution is 2.25. The fourth-order valence-corrected chi connectivity index (χ4v) is 2.30. The summed E-state index contributed by atoms with van der Waals surface area (Å²) in [6.07, 6.45) is 0. The van der Waals surface area contributed by atoms with Crippen LogP contribution in [0.5, 0.6) is 0 Å². The fourth-order valence-electron chi connectivity index (χ4n) is 2.30. The minimum atomic E-state index is -0.391. The Morgan fingerprint density at radius 3 is 2.38 bits per heavy atom. The van der Waals surface area contributed by atoms with Gasteiger partial charge in [0.1, 0.15) is 11.6 Å². The Labute approximate surface area is 139 Å². The van der Waals surface area contributed by atoms with Crippen molar-refractivity contribution in [1.29, 1.82) is 0 Å². The zero-order chi connectivity index (χ0) is 17.1. The summed E-state index contributed by atoms with van der Waals surface area (Å²) < 4.78 is 19.3. The van der Waals surface area contributed by atoms with Crippen molar-refractivity contribution in [2.45, 2.75) is 0 Å².